The number of carbonyl (C=O) groups is 1. The van der Waals surface area contributed by atoms with Crippen molar-refractivity contribution in [3.8, 4) is 0 Å². The smallest absolute Gasteiger partial charge is 0.308 e. The van der Waals surface area contributed by atoms with Crippen LogP contribution in [0.3, 0.4) is 0 Å². The maximum absolute atomic E-state index is 10.9. The van der Waals surface area contributed by atoms with Gasteiger partial charge < -0.3 is 10.0 Å². The molecule has 0 spiro atoms. The first-order valence-electron chi connectivity index (χ1n) is 5.41. The van der Waals surface area contributed by atoms with Crippen molar-refractivity contribution in [1.29, 1.82) is 0 Å². The molecular weight excluding hydrogens is 238 g/mol. The number of anilines is 1. The Labute approximate surface area is 102 Å². The highest BCUT2D eigenvalue weighted by atomic mass is 32.1. The second-order valence-electron chi connectivity index (χ2n) is 4.11. The number of carboxylic acids is 1. The standard InChI is InChI=1S/C11H11N3O2S/c15-11(16)7-1-3-14(5-7)9-8-2-4-17-10(8)13-6-12-9/h2,4,6-7H,1,3,5H2,(H,15,16). The molecule has 0 aliphatic carbocycles. The molecule has 1 N–H and O–H groups in total. The Morgan fingerprint density at radius 1 is 1.53 bits per heavy atom. The summed E-state index contributed by atoms with van der Waals surface area (Å²) in [5.74, 6) is -0.137. The van der Waals surface area contributed by atoms with Crippen LogP contribution in [0.5, 0.6) is 0 Å². The first-order chi connectivity index (χ1) is 8.25. The maximum Gasteiger partial charge on any atom is 0.308 e. The van der Waals surface area contributed by atoms with Gasteiger partial charge in [-0.3, -0.25) is 4.79 Å². The molecule has 0 bridgehead atoms. The van der Waals surface area contributed by atoms with Crippen LogP contribution in [0, 0.1) is 5.92 Å². The molecule has 0 aromatic carbocycles. The van der Waals surface area contributed by atoms with Crippen LogP contribution >= 0.6 is 11.3 Å². The SMILES string of the molecule is O=C(O)C1CCN(c2ncnc3sccc23)C1. The molecule has 2 aromatic heterocycles. The van der Waals surface area contributed by atoms with E-state index < -0.39 is 5.97 Å². The monoisotopic (exact) mass is 249 g/mol. The van der Waals surface area contributed by atoms with E-state index in [1.54, 1.807) is 17.7 Å². The van der Waals surface area contributed by atoms with Gasteiger partial charge in [0.25, 0.3) is 0 Å². The molecule has 5 nitrogen and oxygen atoms in total. The quantitative estimate of drug-likeness (QED) is 0.875. The average Bonchev–Trinajstić information content (AvgIpc) is 2.97. The molecule has 2 aromatic rings. The average molecular weight is 249 g/mol. The van der Waals surface area contributed by atoms with Crippen molar-refractivity contribution in [1.82, 2.24) is 9.97 Å². The van der Waals surface area contributed by atoms with Gasteiger partial charge in [0.1, 0.15) is 17.0 Å². The molecule has 1 fully saturated rings. The number of aliphatic carboxylic acids is 1. The minimum atomic E-state index is -0.719. The fraction of sp³-hybridized carbons (Fsp3) is 0.364. The lowest BCUT2D eigenvalue weighted by molar-refractivity contribution is -0.140. The van der Waals surface area contributed by atoms with Gasteiger partial charge in [0, 0.05) is 13.1 Å². The predicted molar refractivity (Wildman–Crippen MR) is 65.4 cm³/mol. The van der Waals surface area contributed by atoms with E-state index in [9.17, 15) is 4.79 Å². The second-order valence-corrected chi connectivity index (χ2v) is 5.00. The van der Waals surface area contributed by atoms with Crippen LogP contribution in [0.4, 0.5) is 5.82 Å². The number of rotatable bonds is 2. The van der Waals surface area contributed by atoms with E-state index in [1.165, 1.54) is 0 Å². The molecule has 1 atom stereocenters. The fourth-order valence-electron chi connectivity index (χ4n) is 2.18. The summed E-state index contributed by atoms with van der Waals surface area (Å²) in [4.78, 5) is 22.4. The molecule has 6 heteroatoms. The lowest BCUT2D eigenvalue weighted by Crippen LogP contribution is -2.23. The number of carboxylic acid groups (broad SMARTS) is 1. The highest BCUT2D eigenvalue weighted by Crippen LogP contribution is 2.30. The van der Waals surface area contributed by atoms with Gasteiger partial charge in [0.15, 0.2) is 0 Å². The van der Waals surface area contributed by atoms with Crippen molar-refractivity contribution in [2.75, 3.05) is 18.0 Å². The van der Waals surface area contributed by atoms with E-state index in [2.05, 4.69) is 9.97 Å². The summed E-state index contributed by atoms with van der Waals surface area (Å²) in [6.07, 6.45) is 2.23. The highest BCUT2D eigenvalue weighted by molar-refractivity contribution is 7.16. The van der Waals surface area contributed by atoms with E-state index in [-0.39, 0.29) is 5.92 Å². The molecule has 3 heterocycles. The number of aromatic nitrogens is 2. The van der Waals surface area contributed by atoms with E-state index in [0.717, 1.165) is 22.6 Å². The minimum absolute atomic E-state index is 0.279. The fourth-order valence-corrected chi connectivity index (χ4v) is 2.91. The Bertz CT molecular complexity index is 569. The van der Waals surface area contributed by atoms with Gasteiger partial charge in [-0.2, -0.15) is 0 Å². The number of nitrogens with zero attached hydrogens (tertiary/aromatic N) is 3. The van der Waals surface area contributed by atoms with Crippen LogP contribution in [-0.2, 0) is 4.79 Å². The Hall–Kier alpha value is -1.69. The topological polar surface area (TPSA) is 66.3 Å². The molecule has 1 aliphatic heterocycles. The Morgan fingerprint density at radius 2 is 2.41 bits per heavy atom. The minimum Gasteiger partial charge on any atom is -0.481 e. The van der Waals surface area contributed by atoms with E-state index in [0.29, 0.717) is 13.0 Å². The zero-order valence-corrected chi connectivity index (χ0v) is 9.85. The summed E-state index contributed by atoms with van der Waals surface area (Å²) >= 11 is 1.57. The largest absolute Gasteiger partial charge is 0.481 e. The van der Waals surface area contributed by atoms with E-state index >= 15 is 0 Å². The molecule has 1 unspecified atom stereocenters. The molecule has 17 heavy (non-hydrogen) atoms. The van der Waals surface area contributed by atoms with Crippen LogP contribution in [0.2, 0.25) is 0 Å². The number of fused-ring (bicyclic) bond motifs is 1. The molecule has 88 valence electrons. The first kappa shape index (κ1) is 10.5. The van der Waals surface area contributed by atoms with Crippen molar-refractivity contribution < 1.29 is 9.90 Å². The summed E-state index contributed by atoms with van der Waals surface area (Å²) in [5.41, 5.74) is 0. The van der Waals surface area contributed by atoms with Crippen molar-refractivity contribution >= 4 is 33.3 Å². The Balaban J connectivity index is 1.95. The van der Waals surface area contributed by atoms with Crippen LogP contribution in [0.1, 0.15) is 6.42 Å². The van der Waals surface area contributed by atoms with E-state index in [1.807, 2.05) is 16.3 Å². The summed E-state index contributed by atoms with van der Waals surface area (Å²) < 4.78 is 0. The molecule has 1 aliphatic rings. The first-order valence-corrected chi connectivity index (χ1v) is 6.29. The maximum atomic E-state index is 10.9. The van der Waals surface area contributed by atoms with Crippen LogP contribution in [0.15, 0.2) is 17.8 Å². The van der Waals surface area contributed by atoms with Gasteiger partial charge in [-0.1, -0.05) is 0 Å². The lowest BCUT2D eigenvalue weighted by atomic mass is 10.1. The number of thiophene rings is 1. The van der Waals surface area contributed by atoms with Crippen LogP contribution in [-0.4, -0.2) is 34.1 Å². The summed E-state index contributed by atoms with van der Waals surface area (Å²) in [7, 11) is 0. The number of hydrogen-bond donors (Lipinski definition) is 1. The highest BCUT2D eigenvalue weighted by Gasteiger charge is 2.29. The summed E-state index contributed by atoms with van der Waals surface area (Å²) in [5, 5.41) is 12.0. The number of hydrogen-bond acceptors (Lipinski definition) is 5. The van der Waals surface area contributed by atoms with Gasteiger partial charge in [-0.25, -0.2) is 9.97 Å². The Morgan fingerprint density at radius 3 is 3.18 bits per heavy atom. The molecule has 0 radical (unpaired) electrons. The van der Waals surface area contributed by atoms with Gasteiger partial charge in [0.05, 0.1) is 11.3 Å². The normalized spacial score (nSPS) is 20.0. The van der Waals surface area contributed by atoms with Crippen molar-refractivity contribution in [3.63, 3.8) is 0 Å². The summed E-state index contributed by atoms with van der Waals surface area (Å²) in [6, 6.07) is 1.99. The third-order valence-corrected chi connectivity index (χ3v) is 3.90. The second kappa shape index (κ2) is 3.96. The molecule has 3 rings (SSSR count). The zero-order valence-electron chi connectivity index (χ0n) is 9.04. The zero-order chi connectivity index (χ0) is 11.8. The summed E-state index contributed by atoms with van der Waals surface area (Å²) in [6.45, 7) is 1.29. The van der Waals surface area contributed by atoms with E-state index in [4.69, 9.17) is 5.11 Å². The van der Waals surface area contributed by atoms with Gasteiger partial charge in [-0.15, -0.1) is 11.3 Å². The third kappa shape index (κ3) is 1.74. The van der Waals surface area contributed by atoms with Crippen LogP contribution < -0.4 is 4.90 Å². The molecular formula is C11H11N3O2S. The Kier molecular flexibility index (Phi) is 2.44. The molecule has 0 amide bonds. The van der Waals surface area contributed by atoms with Crippen LogP contribution in [0.25, 0.3) is 10.2 Å². The van der Waals surface area contributed by atoms with Gasteiger partial charge in [-0.05, 0) is 17.9 Å². The van der Waals surface area contributed by atoms with Gasteiger partial charge in [0.2, 0.25) is 0 Å². The lowest BCUT2D eigenvalue weighted by Gasteiger charge is -2.17. The molecule has 1 saturated heterocycles. The van der Waals surface area contributed by atoms with Crippen molar-refractivity contribution in [3.05, 3.63) is 17.8 Å². The van der Waals surface area contributed by atoms with Crippen molar-refractivity contribution in [2.24, 2.45) is 5.92 Å². The van der Waals surface area contributed by atoms with Crippen molar-refractivity contribution in [2.45, 2.75) is 6.42 Å². The van der Waals surface area contributed by atoms with Gasteiger partial charge >= 0.3 is 5.97 Å². The predicted octanol–water partition coefficient (Wildman–Crippen LogP) is 1.60. The molecule has 0 saturated carbocycles. The third-order valence-electron chi connectivity index (χ3n) is 3.08.